The number of aliphatic hydroxyl groups excluding tert-OH is 5. The van der Waals surface area contributed by atoms with Crippen LogP contribution in [0.5, 0.6) is 0 Å². The van der Waals surface area contributed by atoms with Gasteiger partial charge in [-0.25, -0.2) is 0 Å². The SMILES string of the molecule is CCCCCCCCCCC/C=C\CCCCCCCCCC(=O)NC(COC1OC(CO)C(O)C(O)C1O)C(O)CCCCCCCCCCCCCCC. The van der Waals surface area contributed by atoms with Gasteiger partial charge in [0.25, 0.3) is 0 Å². The molecule has 7 atom stereocenters. The van der Waals surface area contributed by atoms with E-state index >= 15 is 0 Å². The van der Waals surface area contributed by atoms with Crippen LogP contribution in [-0.4, -0.2) is 87.5 Å². The molecule has 0 radical (unpaired) electrons. The summed E-state index contributed by atoms with van der Waals surface area (Å²) in [5, 5.41) is 54.3. The standard InChI is InChI=1S/C47H91NO8/c1-3-5-7-9-11-13-15-17-18-19-20-21-22-23-25-27-29-31-33-35-37-43(51)48-40(39-55-47-46(54)45(53)44(52)42(38-49)56-47)41(50)36-34-32-30-28-26-24-16-14-12-10-8-6-4-2/h20-21,40-42,44-47,49-50,52-54H,3-19,22-39H2,1-2H3,(H,48,51)/b21-20-. The number of allylic oxidation sites excluding steroid dienone is 2. The number of carbonyl (C=O) groups is 1. The van der Waals surface area contributed by atoms with Crippen LogP contribution in [0.15, 0.2) is 12.2 Å². The van der Waals surface area contributed by atoms with Crippen molar-refractivity contribution >= 4 is 5.91 Å². The number of rotatable bonds is 40. The molecule has 1 fully saturated rings. The van der Waals surface area contributed by atoms with Crippen molar-refractivity contribution in [2.45, 2.75) is 269 Å². The predicted octanol–water partition coefficient (Wildman–Crippen LogP) is 10.1. The van der Waals surface area contributed by atoms with E-state index in [1.165, 1.54) is 161 Å². The molecule has 7 unspecified atom stereocenters. The smallest absolute Gasteiger partial charge is 0.220 e. The molecule has 0 aromatic heterocycles. The summed E-state index contributed by atoms with van der Waals surface area (Å²) in [6.45, 7) is 3.84. The average molecular weight is 798 g/mol. The minimum Gasteiger partial charge on any atom is -0.394 e. The van der Waals surface area contributed by atoms with Gasteiger partial charge in [-0.3, -0.25) is 4.79 Å². The number of unbranched alkanes of at least 4 members (excludes halogenated alkanes) is 28. The quantitative estimate of drug-likeness (QED) is 0.0265. The summed E-state index contributed by atoms with van der Waals surface area (Å²) < 4.78 is 11.3. The molecule has 1 rings (SSSR count). The molecule has 1 heterocycles. The molecule has 9 nitrogen and oxygen atoms in total. The maximum atomic E-state index is 13.0. The molecule has 332 valence electrons. The third-order valence-corrected chi connectivity index (χ3v) is 11.6. The number of amides is 1. The first-order valence-electron chi connectivity index (χ1n) is 23.9. The largest absolute Gasteiger partial charge is 0.394 e. The Morgan fingerprint density at radius 3 is 1.45 bits per heavy atom. The van der Waals surface area contributed by atoms with Gasteiger partial charge in [0.15, 0.2) is 6.29 Å². The van der Waals surface area contributed by atoms with Crippen molar-refractivity contribution in [3.63, 3.8) is 0 Å². The molecule has 1 aliphatic rings. The van der Waals surface area contributed by atoms with Crippen molar-refractivity contribution in [3.05, 3.63) is 12.2 Å². The summed E-state index contributed by atoms with van der Waals surface area (Å²) in [5.74, 6) is -0.147. The van der Waals surface area contributed by atoms with Crippen LogP contribution in [-0.2, 0) is 14.3 Å². The van der Waals surface area contributed by atoms with Gasteiger partial charge >= 0.3 is 0 Å². The van der Waals surface area contributed by atoms with Gasteiger partial charge < -0.3 is 40.3 Å². The molecule has 56 heavy (non-hydrogen) atoms. The molecule has 0 aliphatic carbocycles. The molecule has 9 heteroatoms. The van der Waals surface area contributed by atoms with Gasteiger partial charge in [-0.05, 0) is 38.5 Å². The molecule has 0 aromatic carbocycles. The van der Waals surface area contributed by atoms with Crippen LogP contribution in [0.2, 0.25) is 0 Å². The molecule has 1 saturated heterocycles. The lowest BCUT2D eigenvalue weighted by molar-refractivity contribution is -0.302. The maximum Gasteiger partial charge on any atom is 0.220 e. The van der Waals surface area contributed by atoms with E-state index in [4.69, 9.17) is 9.47 Å². The van der Waals surface area contributed by atoms with Gasteiger partial charge in [0.1, 0.15) is 24.4 Å². The number of ether oxygens (including phenoxy) is 2. The zero-order valence-electron chi connectivity index (χ0n) is 36.4. The van der Waals surface area contributed by atoms with E-state index in [-0.39, 0.29) is 12.5 Å². The van der Waals surface area contributed by atoms with E-state index in [9.17, 15) is 30.3 Å². The number of carbonyl (C=O) groups excluding carboxylic acids is 1. The van der Waals surface area contributed by atoms with Gasteiger partial charge in [0.05, 0.1) is 25.4 Å². The molecular weight excluding hydrogens is 707 g/mol. The summed E-state index contributed by atoms with van der Waals surface area (Å²) >= 11 is 0. The number of nitrogens with one attached hydrogen (secondary N) is 1. The van der Waals surface area contributed by atoms with E-state index in [2.05, 4.69) is 31.3 Å². The number of hydrogen-bond donors (Lipinski definition) is 6. The number of hydrogen-bond acceptors (Lipinski definition) is 8. The molecule has 0 spiro atoms. The third kappa shape index (κ3) is 28.4. The van der Waals surface area contributed by atoms with Gasteiger partial charge in [0.2, 0.25) is 5.91 Å². The Kier molecular flexibility index (Phi) is 36.1. The monoisotopic (exact) mass is 798 g/mol. The van der Waals surface area contributed by atoms with Gasteiger partial charge in [-0.15, -0.1) is 0 Å². The normalized spacial score (nSPS) is 21.2. The second kappa shape index (κ2) is 38.2. The zero-order chi connectivity index (χ0) is 40.9. The van der Waals surface area contributed by atoms with E-state index in [0.717, 1.165) is 38.5 Å². The fraction of sp³-hybridized carbons (Fsp3) is 0.936. The van der Waals surface area contributed by atoms with Crippen LogP contribution in [0.25, 0.3) is 0 Å². The zero-order valence-corrected chi connectivity index (χ0v) is 36.4. The highest BCUT2D eigenvalue weighted by atomic mass is 16.7. The Balaban J connectivity index is 2.29. The number of aliphatic hydroxyl groups is 5. The van der Waals surface area contributed by atoms with Crippen LogP contribution in [0.3, 0.4) is 0 Å². The van der Waals surface area contributed by atoms with Gasteiger partial charge in [-0.2, -0.15) is 0 Å². The molecular formula is C47H91NO8. The van der Waals surface area contributed by atoms with Crippen molar-refractivity contribution in [3.8, 4) is 0 Å². The highest BCUT2D eigenvalue weighted by Gasteiger charge is 2.44. The first kappa shape index (κ1) is 52.9. The lowest BCUT2D eigenvalue weighted by Gasteiger charge is -2.40. The second-order valence-corrected chi connectivity index (χ2v) is 16.9. The fourth-order valence-electron chi connectivity index (χ4n) is 7.74. The minimum atomic E-state index is -1.55. The third-order valence-electron chi connectivity index (χ3n) is 11.6. The summed E-state index contributed by atoms with van der Waals surface area (Å²) in [4.78, 5) is 13.0. The summed E-state index contributed by atoms with van der Waals surface area (Å²) in [5.41, 5.74) is 0. The average Bonchev–Trinajstić information content (AvgIpc) is 3.20. The molecule has 6 N–H and O–H groups in total. The summed E-state index contributed by atoms with van der Waals surface area (Å²) in [6.07, 6.45) is 36.5. The lowest BCUT2D eigenvalue weighted by Crippen LogP contribution is -2.60. The molecule has 1 amide bonds. The van der Waals surface area contributed by atoms with Crippen molar-refractivity contribution in [1.29, 1.82) is 0 Å². The van der Waals surface area contributed by atoms with E-state index in [1.807, 2.05) is 0 Å². The Bertz CT molecular complexity index is 888. The predicted molar refractivity (Wildman–Crippen MR) is 231 cm³/mol. The Morgan fingerprint density at radius 1 is 0.589 bits per heavy atom. The van der Waals surface area contributed by atoms with Crippen LogP contribution >= 0.6 is 0 Å². The van der Waals surface area contributed by atoms with E-state index in [0.29, 0.717) is 12.8 Å². The van der Waals surface area contributed by atoms with Gasteiger partial charge in [-0.1, -0.05) is 193 Å². The van der Waals surface area contributed by atoms with Crippen molar-refractivity contribution < 1.29 is 39.8 Å². The Morgan fingerprint density at radius 2 is 1.00 bits per heavy atom. The Hall–Kier alpha value is -1.07. The summed E-state index contributed by atoms with van der Waals surface area (Å²) in [7, 11) is 0. The highest BCUT2D eigenvalue weighted by molar-refractivity contribution is 5.76. The topological polar surface area (TPSA) is 149 Å². The van der Waals surface area contributed by atoms with Crippen molar-refractivity contribution in [1.82, 2.24) is 5.32 Å². The van der Waals surface area contributed by atoms with E-state index in [1.54, 1.807) is 0 Å². The fourth-order valence-corrected chi connectivity index (χ4v) is 7.74. The van der Waals surface area contributed by atoms with Crippen molar-refractivity contribution in [2.75, 3.05) is 13.2 Å². The van der Waals surface area contributed by atoms with Crippen LogP contribution in [0.1, 0.15) is 226 Å². The summed E-state index contributed by atoms with van der Waals surface area (Å²) in [6, 6.07) is -0.716. The van der Waals surface area contributed by atoms with Crippen LogP contribution in [0, 0.1) is 0 Å². The molecule has 0 saturated carbocycles. The first-order valence-corrected chi connectivity index (χ1v) is 23.9. The van der Waals surface area contributed by atoms with Crippen molar-refractivity contribution in [2.24, 2.45) is 0 Å². The van der Waals surface area contributed by atoms with E-state index < -0.39 is 49.5 Å². The highest BCUT2D eigenvalue weighted by Crippen LogP contribution is 2.23. The lowest BCUT2D eigenvalue weighted by atomic mass is 9.99. The molecule has 0 aromatic rings. The second-order valence-electron chi connectivity index (χ2n) is 16.9. The molecule has 0 bridgehead atoms. The first-order chi connectivity index (χ1) is 27.3. The van der Waals surface area contributed by atoms with Crippen LogP contribution in [0.4, 0.5) is 0 Å². The van der Waals surface area contributed by atoms with Crippen LogP contribution < -0.4 is 5.32 Å². The van der Waals surface area contributed by atoms with Gasteiger partial charge in [0, 0.05) is 6.42 Å². The molecule has 1 aliphatic heterocycles. The minimum absolute atomic E-state index is 0.136. The Labute approximate surface area is 344 Å². The maximum absolute atomic E-state index is 13.0.